The van der Waals surface area contributed by atoms with Crippen LogP contribution in [0.4, 0.5) is 0 Å². The number of rotatable bonds is 18. The predicted molar refractivity (Wildman–Crippen MR) is 170 cm³/mol. The van der Waals surface area contributed by atoms with E-state index in [-0.39, 0.29) is 35.5 Å². The lowest BCUT2D eigenvalue weighted by molar-refractivity contribution is -0.122. The number of phenolic OH excluding ortho intramolecular Hbond substituents is 2. The van der Waals surface area contributed by atoms with E-state index in [1.807, 2.05) is 0 Å². The molecule has 0 aromatic heterocycles. The van der Waals surface area contributed by atoms with Crippen molar-refractivity contribution in [2.24, 2.45) is 0 Å². The molecule has 2 aromatic rings. The highest BCUT2D eigenvalue weighted by atomic mass is 32.2. The van der Waals surface area contributed by atoms with Crippen LogP contribution in [0.3, 0.4) is 0 Å². The first-order valence-corrected chi connectivity index (χ1v) is 16.3. The highest BCUT2D eigenvalue weighted by Crippen LogP contribution is 2.21. The molecule has 0 radical (unpaired) electrons. The van der Waals surface area contributed by atoms with Crippen molar-refractivity contribution in [2.45, 2.75) is 90.9 Å². The van der Waals surface area contributed by atoms with Gasteiger partial charge in [-0.25, -0.2) is 0 Å². The SMILES string of the molecule is CCCCCCc1ccc(C(=O)NNC(=O)CCSCCC(=O)NNC(=O)c2ccc(CCCCCC)cc2O)c(O)c1. The zero-order valence-electron chi connectivity index (χ0n) is 25.3. The van der Waals surface area contributed by atoms with Crippen molar-refractivity contribution in [2.75, 3.05) is 11.5 Å². The Kier molecular flexibility index (Phi) is 16.7. The van der Waals surface area contributed by atoms with Crippen LogP contribution in [0, 0.1) is 0 Å². The van der Waals surface area contributed by atoms with Gasteiger partial charge in [0, 0.05) is 24.3 Å². The molecule has 0 saturated heterocycles. The molecular weight excluding hydrogens is 568 g/mol. The fourth-order valence-corrected chi connectivity index (χ4v) is 5.17. The molecule has 0 aliphatic heterocycles. The molecule has 43 heavy (non-hydrogen) atoms. The summed E-state index contributed by atoms with van der Waals surface area (Å²) in [6, 6.07) is 9.86. The minimum Gasteiger partial charge on any atom is -0.507 e. The molecule has 0 saturated carbocycles. The first kappa shape index (κ1) is 35.5. The molecule has 236 valence electrons. The molecule has 0 aliphatic rings. The van der Waals surface area contributed by atoms with Gasteiger partial charge in [0.25, 0.3) is 11.8 Å². The lowest BCUT2D eigenvalue weighted by Crippen LogP contribution is -2.42. The topological polar surface area (TPSA) is 157 Å². The number of benzene rings is 2. The lowest BCUT2D eigenvalue weighted by Gasteiger charge is -2.10. The number of phenols is 2. The molecule has 0 spiro atoms. The van der Waals surface area contributed by atoms with Gasteiger partial charge < -0.3 is 10.2 Å². The molecular formula is C32H46N4O6S. The first-order valence-electron chi connectivity index (χ1n) is 15.1. The van der Waals surface area contributed by atoms with Gasteiger partial charge >= 0.3 is 0 Å². The molecule has 4 amide bonds. The number of aromatic hydroxyl groups is 2. The summed E-state index contributed by atoms with van der Waals surface area (Å²) in [6.07, 6.45) is 10.8. The largest absolute Gasteiger partial charge is 0.507 e. The summed E-state index contributed by atoms with van der Waals surface area (Å²) in [5, 5.41) is 20.4. The number of unbranched alkanes of at least 4 members (excludes halogenated alkanes) is 6. The second-order valence-corrected chi connectivity index (χ2v) is 11.7. The molecule has 2 aromatic carbocycles. The molecule has 0 bridgehead atoms. The molecule has 10 nitrogen and oxygen atoms in total. The van der Waals surface area contributed by atoms with Gasteiger partial charge in [0.15, 0.2) is 0 Å². The van der Waals surface area contributed by atoms with Crippen LogP contribution in [0.2, 0.25) is 0 Å². The smallest absolute Gasteiger partial charge is 0.273 e. The van der Waals surface area contributed by atoms with Crippen molar-refractivity contribution < 1.29 is 29.4 Å². The number of nitrogens with one attached hydrogen (secondary N) is 4. The first-order chi connectivity index (χ1) is 20.7. The molecule has 11 heteroatoms. The summed E-state index contributed by atoms with van der Waals surface area (Å²) in [5.74, 6) is -1.47. The van der Waals surface area contributed by atoms with Crippen LogP contribution in [0.1, 0.15) is 110 Å². The highest BCUT2D eigenvalue weighted by Gasteiger charge is 2.14. The molecule has 0 heterocycles. The maximum atomic E-state index is 12.3. The Morgan fingerprint density at radius 1 is 0.605 bits per heavy atom. The van der Waals surface area contributed by atoms with Crippen LogP contribution in [0.15, 0.2) is 36.4 Å². The predicted octanol–water partition coefficient (Wildman–Crippen LogP) is 5.08. The van der Waals surface area contributed by atoms with Gasteiger partial charge in [0.05, 0.1) is 11.1 Å². The number of aryl methyl sites for hydroxylation is 2. The summed E-state index contributed by atoms with van der Waals surface area (Å²) in [7, 11) is 0. The van der Waals surface area contributed by atoms with E-state index < -0.39 is 23.6 Å². The Labute approximate surface area is 258 Å². The van der Waals surface area contributed by atoms with Gasteiger partial charge in [-0.15, -0.1) is 0 Å². The van der Waals surface area contributed by atoms with Crippen molar-refractivity contribution in [3.63, 3.8) is 0 Å². The van der Waals surface area contributed by atoms with E-state index in [1.54, 1.807) is 36.4 Å². The zero-order valence-corrected chi connectivity index (χ0v) is 26.1. The average Bonchev–Trinajstić information content (AvgIpc) is 2.99. The summed E-state index contributed by atoms with van der Waals surface area (Å²) in [5.41, 5.74) is 11.4. The number of hydrazine groups is 2. The minimum atomic E-state index is -0.610. The average molecular weight is 615 g/mol. The second kappa shape index (κ2) is 20.2. The van der Waals surface area contributed by atoms with Crippen LogP contribution in [-0.2, 0) is 22.4 Å². The minimum absolute atomic E-state index is 0.0788. The van der Waals surface area contributed by atoms with Gasteiger partial charge in [-0.2, -0.15) is 11.8 Å². The van der Waals surface area contributed by atoms with Crippen molar-refractivity contribution in [1.29, 1.82) is 0 Å². The number of carbonyl (C=O) groups excluding carboxylic acids is 4. The number of hydrogen-bond acceptors (Lipinski definition) is 7. The standard InChI is InChI=1S/C32H46N4O6S/c1-3-5-7-9-11-23-13-15-25(27(37)21-23)31(41)35-33-29(39)17-19-43-20-18-30(40)34-36-32(42)26-16-14-24(22-28(26)38)12-10-8-6-4-2/h13-16,21-22,37-38H,3-12,17-20H2,1-2H3,(H,33,39)(H,34,40)(H,35,41)(H,36,42). The Morgan fingerprint density at radius 3 is 1.40 bits per heavy atom. The molecule has 6 N–H and O–H groups in total. The van der Waals surface area contributed by atoms with E-state index in [4.69, 9.17) is 0 Å². The maximum absolute atomic E-state index is 12.3. The number of thioether (sulfide) groups is 1. The lowest BCUT2D eigenvalue weighted by atomic mass is 10.0. The molecule has 0 aliphatic carbocycles. The van der Waals surface area contributed by atoms with Crippen LogP contribution in [-0.4, -0.2) is 45.3 Å². The third-order valence-corrected chi connectivity index (χ3v) is 7.81. The Morgan fingerprint density at radius 2 is 1.02 bits per heavy atom. The third-order valence-electron chi connectivity index (χ3n) is 6.83. The number of hydrogen-bond donors (Lipinski definition) is 6. The highest BCUT2D eigenvalue weighted by molar-refractivity contribution is 7.99. The van der Waals surface area contributed by atoms with Crippen LogP contribution >= 0.6 is 11.8 Å². The fraction of sp³-hybridized carbons (Fsp3) is 0.500. The van der Waals surface area contributed by atoms with Gasteiger partial charge in [0.2, 0.25) is 11.8 Å². The van der Waals surface area contributed by atoms with Gasteiger partial charge in [-0.1, -0.05) is 64.5 Å². The summed E-state index contributed by atoms with van der Waals surface area (Å²) < 4.78 is 0. The summed E-state index contributed by atoms with van der Waals surface area (Å²) >= 11 is 1.37. The fourth-order valence-electron chi connectivity index (χ4n) is 4.31. The van der Waals surface area contributed by atoms with Crippen LogP contribution in [0.25, 0.3) is 0 Å². The summed E-state index contributed by atoms with van der Waals surface area (Å²) in [6.45, 7) is 4.29. The van der Waals surface area contributed by atoms with Crippen LogP contribution in [0.5, 0.6) is 11.5 Å². The van der Waals surface area contributed by atoms with Gasteiger partial charge in [-0.05, 0) is 61.1 Å². The van der Waals surface area contributed by atoms with E-state index in [0.29, 0.717) is 11.5 Å². The van der Waals surface area contributed by atoms with E-state index in [1.165, 1.54) is 24.6 Å². The summed E-state index contributed by atoms with van der Waals surface area (Å²) in [4.78, 5) is 48.8. The van der Waals surface area contributed by atoms with Crippen LogP contribution < -0.4 is 21.7 Å². The number of amides is 4. The second-order valence-electron chi connectivity index (χ2n) is 10.4. The maximum Gasteiger partial charge on any atom is 0.273 e. The third kappa shape index (κ3) is 13.9. The normalized spacial score (nSPS) is 10.7. The Bertz CT molecular complexity index is 1110. The van der Waals surface area contributed by atoms with E-state index in [0.717, 1.165) is 62.5 Å². The van der Waals surface area contributed by atoms with E-state index in [2.05, 4.69) is 35.6 Å². The van der Waals surface area contributed by atoms with Gasteiger partial charge in [0.1, 0.15) is 11.5 Å². The van der Waals surface area contributed by atoms with Crippen molar-refractivity contribution >= 4 is 35.4 Å². The van der Waals surface area contributed by atoms with Gasteiger partial charge in [-0.3, -0.25) is 40.9 Å². The van der Waals surface area contributed by atoms with Crippen molar-refractivity contribution in [3.8, 4) is 11.5 Å². The molecule has 0 unspecified atom stereocenters. The van der Waals surface area contributed by atoms with Crippen molar-refractivity contribution in [1.82, 2.24) is 21.7 Å². The van der Waals surface area contributed by atoms with E-state index in [9.17, 15) is 29.4 Å². The molecule has 0 atom stereocenters. The zero-order chi connectivity index (χ0) is 31.5. The van der Waals surface area contributed by atoms with E-state index >= 15 is 0 Å². The van der Waals surface area contributed by atoms with Crippen molar-refractivity contribution in [3.05, 3.63) is 58.7 Å². The molecule has 2 rings (SSSR count). The monoisotopic (exact) mass is 614 g/mol. The quantitative estimate of drug-likeness (QED) is 0.101. The Hall–Kier alpha value is -3.73. The Balaban J connectivity index is 1.60. The number of carbonyl (C=O) groups is 4. The molecule has 0 fully saturated rings.